The van der Waals surface area contributed by atoms with Crippen molar-refractivity contribution in [2.45, 2.75) is 0 Å². The molecule has 9 heteroatoms. The molecule has 1 aliphatic heterocycles. The largest absolute Gasteiger partial charge is 0.332 e. The molecule has 6 nitrogen and oxygen atoms in total. The molecule has 0 saturated carbocycles. The van der Waals surface area contributed by atoms with Crippen LogP contribution in [0, 0.1) is 0 Å². The van der Waals surface area contributed by atoms with Crippen LogP contribution in [-0.4, -0.2) is 25.4 Å². The van der Waals surface area contributed by atoms with Crippen molar-refractivity contribution in [3.63, 3.8) is 0 Å². The van der Waals surface area contributed by atoms with E-state index < -0.39 is 0 Å². The van der Waals surface area contributed by atoms with Gasteiger partial charge < -0.3 is 5.32 Å². The van der Waals surface area contributed by atoms with Crippen LogP contribution in [0.5, 0.6) is 0 Å². The van der Waals surface area contributed by atoms with Gasteiger partial charge in [0, 0.05) is 12.4 Å². The van der Waals surface area contributed by atoms with Crippen LogP contribution in [0.25, 0.3) is 22.8 Å². The van der Waals surface area contributed by atoms with Crippen LogP contribution in [0.3, 0.4) is 0 Å². The van der Waals surface area contributed by atoms with Crippen molar-refractivity contribution < 1.29 is 4.79 Å². The highest BCUT2D eigenvalue weighted by atomic mass is 35.5. The second-order valence-corrected chi connectivity index (χ2v) is 8.06. The van der Waals surface area contributed by atoms with Gasteiger partial charge in [-0.15, -0.1) is 0 Å². The minimum atomic E-state index is -0.320. The van der Waals surface area contributed by atoms with E-state index in [1.807, 2.05) is 28.8 Å². The smallest absolute Gasteiger partial charge is 0.286 e. The summed E-state index contributed by atoms with van der Waals surface area (Å²) in [5.41, 5.74) is 3.90. The number of hydrogen-bond acceptors (Lipinski definition) is 5. The lowest BCUT2D eigenvalue weighted by molar-refractivity contribution is -0.113. The predicted octanol–water partition coefficient (Wildman–Crippen LogP) is 5.27. The van der Waals surface area contributed by atoms with Gasteiger partial charge >= 0.3 is 0 Å². The number of halogens is 2. The second kappa shape index (κ2) is 7.18. The molecule has 2 aromatic heterocycles. The van der Waals surface area contributed by atoms with Crippen molar-refractivity contribution in [3.8, 4) is 0 Å². The van der Waals surface area contributed by atoms with Gasteiger partial charge in [0.05, 0.1) is 37.9 Å². The Balaban J connectivity index is 1.45. The van der Waals surface area contributed by atoms with Crippen LogP contribution in [0.2, 0.25) is 10.0 Å². The number of benzene rings is 2. The molecule has 1 amide bonds. The molecular formula is C20H11Cl2N5OS. The van der Waals surface area contributed by atoms with Gasteiger partial charge in [0.1, 0.15) is 0 Å². The number of amides is 1. The summed E-state index contributed by atoms with van der Waals surface area (Å²) in [6, 6.07) is 11.0. The highest BCUT2D eigenvalue weighted by Gasteiger charge is 2.23. The van der Waals surface area contributed by atoms with Gasteiger partial charge in [-0.05, 0) is 47.7 Å². The summed E-state index contributed by atoms with van der Waals surface area (Å²) in [4.78, 5) is 25.6. The number of nitrogens with zero attached hydrogens (tertiary/aromatic N) is 4. The Morgan fingerprint density at radius 1 is 1.10 bits per heavy atom. The molecular weight excluding hydrogens is 429 g/mol. The number of fused-ring (bicyclic) bond motifs is 3. The molecule has 0 spiro atoms. The first-order chi connectivity index (χ1) is 14.1. The average molecular weight is 440 g/mol. The summed E-state index contributed by atoms with van der Waals surface area (Å²) < 4.78 is 1.96. The number of carbonyl (C=O) groups is 1. The van der Waals surface area contributed by atoms with E-state index in [2.05, 4.69) is 20.3 Å². The third-order valence-corrected chi connectivity index (χ3v) is 5.89. The third-order valence-electron chi connectivity index (χ3n) is 4.36. The van der Waals surface area contributed by atoms with Gasteiger partial charge in [0.25, 0.3) is 5.91 Å². The van der Waals surface area contributed by atoms with Crippen LogP contribution in [-0.2, 0) is 4.79 Å². The van der Waals surface area contributed by atoms with E-state index in [9.17, 15) is 4.79 Å². The first-order valence-corrected chi connectivity index (χ1v) is 10.1. The van der Waals surface area contributed by atoms with Crippen molar-refractivity contribution in [1.82, 2.24) is 14.4 Å². The quantitative estimate of drug-likeness (QED) is 0.430. The first kappa shape index (κ1) is 18.2. The van der Waals surface area contributed by atoms with Crippen LogP contribution in [0.15, 0.2) is 64.9 Å². The van der Waals surface area contributed by atoms with Gasteiger partial charge in [0.15, 0.2) is 10.8 Å². The molecule has 0 aliphatic carbocycles. The molecule has 4 aromatic rings. The summed E-state index contributed by atoms with van der Waals surface area (Å²) in [7, 11) is 0. The van der Waals surface area contributed by atoms with Crippen LogP contribution < -0.4 is 5.32 Å². The molecule has 142 valence electrons. The van der Waals surface area contributed by atoms with Gasteiger partial charge in [-0.25, -0.2) is 4.98 Å². The lowest BCUT2D eigenvalue weighted by Gasteiger charge is -2.08. The third kappa shape index (κ3) is 3.37. The molecule has 5 rings (SSSR count). The number of anilines is 1. The molecule has 1 aliphatic rings. The Morgan fingerprint density at radius 3 is 2.76 bits per heavy atom. The van der Waals surface area contributed by atoms with Crippen molar-refractivity contribution in [1.29, 1.82) is 0 Å². The zero-order valence-electron chi connectivity index (χ0n) is 14.6. The molecule has 2 aromatic carbocycles. The fourth-order valence-electron chi connectivity index (χ4n) is 3.01. The Labute approximate surface area is 179 Å². The number of carbonyl (C=O) groups excluding carboxylic acids is 1. The summed E-state index contributed by atoms with van der Waals surface area (Å²) in [5.74, 6) is -0.320. The maximum absolute atomic E-state index is 12.4. The zero-order chi connectivity index (χ0) is 20.0. The number of rotatable bonds is 2. The number of nitrogens with one attached hydrogen (secondary N) is 1. The van der Waals surface area contributed by atoms with E-state index in [1.54, 1.807) is 36.7 Å². The van der Waals surface area contributed by atoms with Gasteiger partial charge in [-0.2, -0.15) is 4.99 Å². The van der Waals surface area contributed by atoms with Crippen molar-refractivity contribution in [2.75, 3.05) is 5.32 Å². The van der Waals surface area contributed by atoms with Crippen molar-refractivity contribution in [2.24, 2.45) is 4.99 Å². The molecule has 0 bridgehead atoms. The van der Waals surface area contributed by atoms with Crippen molar-refractivity contribution >= 4 is 74.5 Å². The van der Waals surface area contributed by atoms with Crippen LogP contribution >= 0.6 is 35.0 Å². The monoisotopic (exact) mass is 439 g/mol. The highest BCUT2D eigenvalue weighted by molar-refractivity contribution is 8.18. The van der Waals surface area contributed by atoms with E-state index in [-0.39, 0.29) is 5.91 Å². The predicted molar refractivity (Wildman–Crippen MR) is 119 cm³/mol. The summed E-state index contributed by atoms with van der Waals surface area (Å²) >= 11 is 13.6. The summed E-state index contributed by atoms with van der Waals surface area (Å²) in [6.07, 6.45) is 7.13. The minimum absolute atomic E-state index is 0.320. The molecule has 0 fully saturated rings. The SMILES string of the molecule is O=C1N=C(Nc2c(Cl)cccc2Cl)S/C1=C\c1ccc2ncc3nccn3c2c1. The van der Waals surface area contributed by atoms with Crippen LogP contribution in [0.1, 0.15) is 5.56 Å². The van der Waals surface area contributed by atoms with E-state index in [0.29, 0.717) is 25.8 Å². The van der Waals surface area contributed by atoms with Gasteiger partial charge in [-0.3, -0.25) is 14.2 Å². The van der Waals surface area contributed by atoms with E-state index >= 15 is 0 Å². The number of hydrogen-bond donors (Lipinski definition) is 1. The molecule has 0 atom stereocenters. The Morgan fingerprint density at radius 2 is 1.93 bits per heavy atom. The highest BCUT2D eigenvalue weighted by Crippen LogP contribution is 2.34. The maximum atomic E-state index is 12.4. The normalized spacial score (nSPS) is 15.4. The Hall–Kier alpha value is -2.87. The number of para-hydroxylation sites is 1. The van der Waals surface area contributed by atoms with E-state index in [4.69, 9.17) is 23.2 Å². The molecule has 29 heavy (non-hydrogen) atoms. The molecule has 1 N–H and O–H groups in total. The number of imidazole rings is 1. The zero-order valence-corrected chi connectivity index (χ0v) is 17.0. The minimum Gasteiger partial charge on any atom is -0.332 e. The molecule has 0 radical (unpaired) electrons. The van der Waals surface area contributed by atoms with Crippen molar-refractivity contribution in [3.05, 3.63) is 75.5 Å². The molecule has 0 saturated heterocycles. The number of thioether (sulfide) groups is 1. The lowest BCUT2D eigenvalue weighted by atomic mass is 10.1. The summed E-state index contributed by atoms with van der Waals surface area (Å²) in [5, 5.41) is 4.38. The second-order valence-electron chi connectivity index (χ2n) is 6.22. The number of aliphatic imine (C=N–C) groups is 1. The molecule has 3 heterocycles. The summed E-state index contributed by atoms with van der Waals surface area (Å²) in [6.45, 7) is 0. The standard InChI is InChI=1S/C20H11Cl2N5OS/c21-12-2-1-3-13(22)18(12)25-20-26-19(28)16(29-20)9-11-4-5-14-15(8-11)27-7-6-23-17(27)10-24-14/h1-10H,(H,25,26,28)/b16-9-. The van der Waals surface area contributed by atoms with E-state index in [1.165, 1.54) is 11.8 Å². The first-order valence-electron chi connectivity index (χ1n) is 8.54. The number of aromatic nitrogens is 3. The van der Waals surface area contributed by atoms with Crippen LogP contribution in [0.4, 0.5) is 5.69 Å². The number of amidine groups is 1. The lowest BCUT2D eigenvalue weighted by Crippen LogP contribution is -2.05. The van der Waals surface area contributed by atoms with Gasteiger partial charge in [0.2, 0.25) is 0 Å². The topological polar surface area (TPSA) is 71.7 Å². The Bertz CT molecular complexity index is 1340. The fourth-order valence-corrected chi connectivity index (χ4v) is 4.32. The fraction of sp³-hybridized carbons (Fsp3) is 0. The maximum Gasteiger partial charge on any atom is 0.286 e. The molecule has 0 unspecified atom stereocenters. The average Bonchev–Trinajstić information content (AvgIpc) is 3.32. The van der Waals surface area contributed by atoms with E-state index in [0.717, 1.165) is 22.2 Å². The van der Waals surface area contributed by atoms with Gasteiger partial charge in [-0.1, -0.05) is 35.3 Å². The Kier molecular flexibility index (Phi) is 4.50.